The van der Waals surface area contributed by atoms with Crippen LogP contribution in [0.4, 0.5) is 0 Å². The topological polar surface area (TPSA) is 55.6 Å². The number of aromatic nitrogens is 2. The molecule has 0 saturated carbocycles. The van der Waals surface area contributed by atoms with Crippen molar-refractivity contribution in [3.63, 3.8) is 0 Å². The molecule has 136 valence electrons. The lowest BCUT2D eigenvalue weighted by molar-refractivity contribution is -0.123. The normalized spacial score (nSPS) is 12.3. The Morgan fingerprint density at radius 3 is 2.65 bits per heavy atom. The van der Waals surface area contributed by atoms with E-state index in [1.54, 1.807) is 7.11 Å². The van der Waals surface area contributed by atoms with E-state index in [0.717, 1.165) is 22.7 Å². The lowest BCUT2D eigenvalue weighted by atomic mass is 9.87. The van der Waals surface area contributed by atoms with Crippen LogP contribution in [0.25, 0.3) is 5.52 Å². The van der Waals surface area contributed by atoms with Gasteiger partial charge < -0.3 is 14.5 Å². The fourth-order valence-electron chi connectivity index (χ4n) is 3.24. The van der Waals surface area contributed by atoms with Crippen molar-refractivity contribution in [2.75, 3.05) is 13.7 Å². The molecule has 26 heavy (non-hydrogen) atoms. The van der Waals surface area contributed by atoms with Gasteiger partial charge in [-0.2, -0.15) is 0 Å². The average Bonchev–Trinajstić information content (AvgIpc) is 3.05. The van der Waals surface area contributed by atoms with Gasteiger partial charge in [0.15, 0.2) is 0 Å². The van der Waals surface area contributed by atoms with Gasteiger partial charge in [-0.25, -0.2) is 4.98 Å². The number of imidazole rings is 1. The second kappa shape index (κ2) is 8.04. The third-order valence-corrected chi connectivity index (χ3v) is 4.59. The molecule has 0 radical (unpaired) electrons. The predicted molar refractivity (Wildman–Crippen MR) is 102 cm³/mol. The Hall–Kier alpha value is -2.82. The molecule has 1 atom stereocenters. The Morgan fingerprint density at radius 1 is 1.19 bits per heavy atom. The highest BCUT2D eigenvalue weighted by molar-refractivity contribution is 5.84. The van der Waals surface area contributed by atoms with Crippen molar-refractivity contribution < 1.29 is 9.53 Å². The van der Waals surface area contributed by atoms with Crippen LogP contribution in [0.2, 0.25) is 0 Å². The molecule has 0 aliphatic heterocycles. The van der Waals surface area contributed by atoms with Gasteiger partial charge in [0, 0.05) is 19.2 Å². The smallest absolute Gasteiger partial charge is 0.227 e. The molecule has 1 amide bonds. The molecule has 0 aliphatic carbocycles. The second-order valence-corrected chi connectivity index (χ2v) is 6.71. The molecule has 3 rings (SSSR count). The quantitative estimate of drug-likeness (QED) is 0.709. The number of fused-ring (bicyclic) bond motifs is 1. The minimum atomic E-state index is -0.182. The van der Waals surface area contributed by atoms with Gasteiger partial charge in [0.2, 0.25) is 5.91 Å². The minimum Gasteiger partial charge on any atom is -0.497 e. The van der Waals surface area contributed by atoms with Crippen LogP contribution in [0, 0.1) is 5.92 Å². The van der Waals surface area contributed by atoms with E-state index in [-0.39, 0.29) is 17.7 Å². The minimum absolute atomic E-state index is 0.0472. The Labute approximate surface area is 154 Å². The molecule has 0 bridgehead atoms. The van der Waals surface area contributed by atoms with Crippen molar-refractivity contribution in [2.24, 2.45) is 5.92 Å². The monoisotopic (exact) mass is 351 g/mol. The summed E-state index contributed by atoms with van der Waals surface area (Å²) in [6.07, 6.45) is 4.54. The van der Waals surface area contributed by atoms with E-state index in [1.807, 2.05) is 54.9 Å². The lowest BCUT2D eigenvalue weighted by Crippen LogP contribution is -2.33. The van der Waals surface area contributed by atoms with Gasteiger partial charge in [-0.1, -0.05) is 32.0 Å². The number of methoxy groups -OCH3 is 1. The highest BCUT2D eigenvalue weighted by Crippen LogP contribution is 2.26. The number of carbonyl (C=O) groups excluding carboxylic acids is 1. The number of hydrogen-bond donors (Lipinski definition) is 1. The van der Waals surface area contributed by atoms with Crippen LogP contribution in [-0.2, 0) is 11.2 Å². The number of nitrogens with zero attached hydrogens (tertiary/aromatic N) is 2. The van der Waals surface area contributed by atoms with Crippen LogP contribution < -0.4 is 10.1 Å². The van der Waals surface area contributed by atoms with Crippen LogP contribution in [0.3, 0.4) is 0 Å². The molecule has 0 spiro atoms. The van der Waals surface area contributed by atoms with E-state index >= 15 is 0 Å². The van der Waals surface area contributed by atoms with Crippen molar-refractivity contribution in [2.45, 2.75) is 26.2 Å². The highest BCUT2D eigenvalue weighted by atomic mass is 16.5. The first-order valence-electron chi connectivity index (χ1n) is 8.92. The first-order valence-corrected chi connectivity index (χ1v) is 8.92. The number of pyridine rings is 1. The summed E-state index contributed by atoms with van der Waals surface area (Å²) in [5.74, 6) is 1.81. The number of hydrogen-bond acceptors (Lipinski definition) is 3. The van der Waals surface area contributed by atoms with Gasteiger partial charge in [0.25, 0.3) is 0 Å². The zero-order valence-electron chi connectivity index (χ0n) is 15.5. The zero-order chi connectivity index (χ0) is 18.5. The fraction of sp³-hybridized carbons (Fsp3) is 0.333. The molecule has 1 aromatic carbocycles. The highest BCUT2D eigenvalue weighted by Gasteiger charge is 2.24. The third-order valence-electron chi connectivity index (χ3n) is 4.59. The van der Waals surface area contributed by atoms with Gasteiger partial charge in [0.1, 0.15) is 11.6 Å². The third kappa shape index (κ3) is 3.87. The summed E-state index contributed by atoms with van der Waals surface area (Å²) in [7, 11) is 1.64. The molecule has 0 fully saturated rings. The van der Waals surface area contributed by atoms with Crippen LogP contribution >= 0.6 is 0 Å². The summed E-state index contributed by atoms with van der Waals surface area (Å²) < 4.78 is 7.25. The maximum Gasteiger partial charge on any atom is 0.227 e. The number of benzene rings is 1. The van der Waals surface area contributed by atoms with Crippen molar-refractivity contribution in [1.82, 2.24) is 14.7 Å². The first kappa shape index (κ1) is 18.0. The van der Waals surface area contributed by atoms with Crippen LogP contribution in [0.5, 0.6) is 5.75 Å². The Balaban J connectivity index is 1.64. The molecule has 2 heterocycles. The molecule has 2 aromatic heterocycles. The largest absolute Gasteiger partial charge is 0.497 e. The number of nitrogens with one attached hydrogen (secondary N) is 1. The van der Waals surface area contributed by atoms with Gasteiger partial charge in [-0.3, -0.25) is 4.79 Å². The molecule has 5 heteroatoms. The molecule has 3 aromatic rings. The molecule has 1 unspecified atom stereocenters. The number of amides is 1. The van der Waals surface area contributed by atoms with E-state index in [9.17, 15) is 4.79 Å². The maximum absolute atomic E-state index is 12.8. The number of carbonyl (C=O) groups is 1. The standard InChI is InChI=1S/C21H25N3O2/c1-15(2)20(16-7-9-18(26-3)10-8-16)21(25)22-12-11-19-23-14-17-6-4-5-13-24(17)19/h4-10,13-15,20H,11-12H2,1-3H3,(H,22,25). The summed E-state index contributed by atoms with van der Waals surface area (Å²) in [5.41, 5.74) is 2.07. The molecule has 1 N–H and O–H groups in total. The molecule has 5 nitrogen and oxygen atoms in total. The van der Waals surface area contributed by atoms with Crippen LogP contribution in [0.1, 0.15) is 31.2 Å². The van der Waals surface area contributed by atoms with Crippen LogP contribution in [0.15, 0.2) is 54.9 Å². The van der Waals surface area contributed by atoms with Gasteiger partial charge in [0.05, 0.1) is 24.7 Å². The van der Waals surface area contributed by atoms with E-state index in [4.69, 9.17) is 4.74 Å². The van der Waals surface area contributed by atoms with Gasteiger partial charge in [-0.05, 0) is 35.7 Å². The van der Waals surface area contributed by atoms with E-state index in [1.165, 1.54) is 0 Å². The summed E-state index contributed by atoms with van der Waals surface area (Å²) >= 11 is 0. The summed E-state index contributed by atoms with van der Waals surface area (Å²) in [4.78, 5) is 17.2. The first-order chi connectivity index (χ1) is 12.6. The number of rotatable bonds is 7. The fourth-order valence-corrected chi connectivity index (χ4v) is 3.24. The van der Waals surface area contributed by atoms with Crippen molar-refractivity contribution in [3.05, 3.63) is 66.2 Å². The summed E-state index contributed by atoms with van der Waals surface area (Å²) in [6.45, 7) is 4.69. The zero-order valence-corrected chi connectivity index (χ0v) is 15.5. The molecule has 0 aliphatic rings. The summed E-state index contributed by atoms with van der Waals surface area (Å²) in [6, 6.07) is 13.7. The number of ether oxygens (including phenoxy) is 1. The SMILES string of the molecule is COc1ccc(C(C(=O)NCCc2ncc3ccccn23)C(C)C)cc1. The average molecular weight is 351 g/mol. The van der Waals surface area contributed by atoms with Crippen molar-refractivity contribution >= 4 is 11.4 Å². The van der Waals surface area contributed by atoms with Gasteiger partial charge in [-0.15, -0.1) is 0 Å². The predicted octanol–water partition coefficient (Wildman–Crippen LogP) is 3.44. The molecular formula is C21H25N3O2. The van der Waals surface area contributed by atoms with E-state index in [2.05, 4.69) is 28.5 Å². The van der Waals surface area contributed by atoms with E-state index < -0.39 is 0 Å². The van der Waals surface area contributed by atoms with Crippen molar-refractivity contribution in [3.8, 4) is 5.75 Å². The molecule has 0 saturated heterocycles. The Morgan fingerprint density at radius 2 is 1.96 bits per heavy atom. The Bertz CT molecular complexity index is 868. The lowest BCUT2D eigenvalue weighted by Gasteiger charge is -2.21. The van der Waals surface area contributed by atoms with Gasteiger partial charge >= 0.3 is 0 Å². The Kier molecular flexibility index (Phi) is 5.56. The maximum atomic E-state index is 12.8. The molecular weight excluding hydrogens is 326 g/mol. The van der Waals surface area contributed by atoms with E-state index in [0.29, 0.717) is 13.0 Å². The second-order valence-electron chi connectivity index (χ2n) is 6.71. The summed E-state index contributed by atoms with van der Waals surface area (Å²) in [5, 5.41) is 3.07. The van der Waals surface area contributed by atoms with Crippen LogP contribution in [-0.4, -0.2) is 28.9 Å². The van der Waals surface area contributed by atoms with Crippen molar-refractivity contribution in [1.29, 1.82) is 0 Å².